The van der Waals surface area contributed by atoms with Gasteiger partial charge in [0.05, 0.1) is 4.90 Å². The summed E-state index contributed by atoms with van der Waals surface area (Å²) in [5.74, 6) is 1.44. The highest BCUT2D eigenvalue weighted by atomic mass is 32.2. The molecular formula is C21H25F3N6O2S. The van der Waals surface area contributed by atoms with Gasteiger partial charge in [0, 0.05) is 37.5 Å². The Morgan fingerprint density at radius 2 is 1.91 bits per heavy atom. The minimum Gasteiger partial charge on any atom is -0.324 e. The standard InChI is InChI=1S/C21H25F3N6O2S/c22-21(23,24)33(25,32)17-3-1-14(2-4-17)7-15-8-20(9-15)11-30(12-20)19(31)29-6-5-16(10-29)18-26-13-27-28-18/h1-4,13,15-16,25H,5-12H2,(H,26,27,28). The van der Waals surface area contributed by atoms with E-state index in [1.54, 1.807) is 0 Å². The van der Waals surface area contributed by atoms with Crippen LogP contribution in [-0.2, 0) is 16.1 Å². The number of alkyl halides is 3. The third kappa shape index (κ3) is 3.98. The van der Waals surface area contributed by atoms with Crippen molar-refractivity contribution in [2.24, 2.45) is 11.3 Å². The van der Waals surface area contributed by atoms with Gasteiger partial charge in [-0.2, -0.15) is 18.3 Å². The molecule has 2 saturated heterocycles. The zero-order chi connectivity index (χ0) is 23.4. The average molecular weight is 483 g/mol. The minimum atomic E-state index is -5.08. The maximum absolute atomic E-state index is 12.8. The van der Waals surface area contributed by atoms with E-state index in [2.05, 4.69) is 15.2 Å². The lowest BCUT2D eigenvalue weighted by atomic mass is 9.56. The number of H-pyrrole nitrogens is 1. The van der Waals surface area contributed by atoms with E-state index < -0.39 is 20.1 Å². The fraction of sp³-hybridized carbons (Fsp3) is 0.571. The van der Waals surface area contributed by atoms with E-state index in [-0.39, 0.29) is 17.4 Å². The first kappa shape index (κ1) is 22.2. The second-order valence-electron chi connectivity index (χ2n) is 9.57. The molecule has 2 atom stereocenters. The summed E-state index contributed by atoms with van der Waals surface area (Å²) in [5, 5.41) is 6.76. The molecule has 8 nitrogen and oxygen atoms in total. The predicted molar refractivity (Wildman–Crippen MR) is 113 cm³/mol. The summed E-state index contributed by atoms with van der Waals surface area (Å²) in [5.41, 5.74) is -4.04. The highest BCUT2D eigenvalue weighted by Gasteiger charge is 2.54. The number of aromatic amines is 1. The molecule has 2 amide bonds. The molecule has 2 aliphatic heterocycles. The van der Waals surface area contributed by atoms with Crippen molar-refractivity contribution in [3.05, 3.63) is 42.0 Å². The lowest BCUT2D eigenvalue weighted by Crippen LogP contribution is -2.65. The third-order valence-electron chi connectivity index (χ3n) is 7.15. The van der Waals surface area contributed by atoms with Crippen LogP contribution in [0.1, 0.15) is 36.6 Å². The molecule has 0 bridgehead atoms. The Morgan fingerprint density at radius 3 is 2.52 bits per heavy atom. The molecule has 3 aliphatic rings. The van der Waals surface area contributed by atoms with E-state index in [0.717, 1.165) is 62.3 Å². The van der Waals surface area contributed by atoms with Gasteiger partial charge in [-0.1, -0.05) is 12.1 Å². The van der Waals surface area contributed by atoms with Gasteiger partial charge in [-0.15, -0.1) is 0 Å². The number of benzene rings is 1. The van der Waals surface area contributed by atoms with Crippen LogP contribution in [0.5, 0.6) is 0 Å². The number of aromatic nitrogens is 3. The molecule has 12 heteroatoms. The van der Waals surface area contributed by atoms with Crippen LogP contribution in [0.25, 0.3) is 0 Å². The Kier molecular flexibility index (Phi) is 5.18. The van der Waals surface area contributed by atoms with E-state index in [1.807, 2.05) is 9.80 Å². The van der Waals surface area contributed by atoms with Crippen molar-refractivity contribution in [3.63, 3.8) is 0 Å². The van der Waals surface area contributed by atoms with E-state index in [0.29, 0.717) is 19.0 Å². The van der Waals surface area contributed by atoms with Crippen LogP contribution in [0, 0.1) is 16.1 Å². The summed E-state index contributed by atoms with van der Waals surface area (Å²) >= 11 is 0. The van der Waals surface area contributed by atoms with Crippen molar-refractivity contribution < 1.29 is 22.2 Å². The van der Waals surface area contributed by atoms with Gasteiger partial charge in [-0.3, -0.25) is 5.10 Å². The third-order valence-corrected chi connectivity index (χ3v) is 8.74. The molecule has 1 saturated carbocycles. The minimum absolute atomic E-state index is 0.0744. The summed E-state index contributed by atoms with van der Waals surface area (Å²) in [6.45, 7) is 2.86. The van der Waals surface area contributed by atoms with E-state index >= 15 is 0 Å². The van der Waals surface area contributed by atoms with Crippen LogP contribution in [0.2, 0.25) is 0 Å². The van der Waals surface area contributed by atoms with Gasteiger partial charge < -0.3 is 9.80 Å². The summed E-state index contributed by atoms with van der Waals surface area (Å²) in [7, 11) is -4.81. The molecule has 1 aromatic carbocycles. The first-order valence-electron chi connectivity index (χ1n) is 10.9. The molecule has 178 valence electrons. The lowest BCUT2D eigenvalue weighted by Gasteiger charge is -2.59. The Balaban J connectivity index is 1.09. The maximum Gasteiger partial charge on any atom is 0.483 e. The SMILES string of the molecule is N=S(=O)(c1ccc(CC2CC3(C2)CN(C(=O)N2CCC(c4ncn[nH]4)C2)C3)cc1)C(F)(F)F. The fourth-order valence-corrected chi connectivity index (χ4v) is 6.31. The van der Waals surface area contributed by atoms with Crippen molar-refractivity contribution in [1.82, 2.24) is 25.0 Å². The van der Waals surface area contributed by atoms with E-state index in [9.17, 15) is 22.2 Å². The largest absolute Gasteiger partial charge is 0.483 e. The second-order valence-corrected chi connectivity index (χ2v) is 11.6. The number of amides is 2. The molecule has 1 aliphatic carbocycles. The number of carbonyl (C=O) groups is 1. The summed E-state index contributed by atoms with van der Waals surface area (Å²) in [4.78, 5) is 20.3. The highest BCUT2D eigenvalue weighted by Crippen LogP contribution is 2.53. The number of likely N-dealkylation sites (tertiary alicyclic amines) is 2. The van der Waals surface area contributed by atoms with E-state index in [1.165, 1.54) is 18.5 Å². The number of rotatable bonds is 4. The Bertz CT molecular complexity index is 1120. The Morgan fingerprint density at radius 1 is 1.21 bits per heavy atom. The molecule has 2 N–H and O–H groups in total. The topological polar surface area (TPSA) is 106 Å². The lowest BCUT2D eigenvalue weighted by molar-refractivity contribution is -0.0753. The van der Waals surface area contributed by atoms with E-state index in [4.69, 9.17) is 4.78 Å². The Labute approximate surface area is 189 Å². The first-order chi connectivity index (χ1) is 15.6. The van der Waals surface area contributed by atoms with Gasteiger partial charge in [0.2, 0.25) is 0 Å². The smallest absolute Gasteiger partial charge is 0.324 e. The number of nitrogens with zero attached hydrogens (tertiary/aromatic N) is 4. The summed E-state index contributed by atoms with van der Waals surface area (Å²) in [6, 6.07) is 5.45. The van der Waals surface area contributed by atoms with Crippen molar-refractivity contribution in [2.45, 2.75) is 42.0 Å². The van der Waals surface area contributed by atoms with Crippen LogP contribution in [-0.4, -0.2) is 66.9 Å². The number of urea groups is 1. The monoisotopic (exact) mass is 482 g/mol. The molecule has 0 radical (unpaired) electrons. The molecule has 2 aromatic rings. The molecular weight excluding hydrogens is 457 g/mol. The van der Waals surface area contributed by atoms with Crippen molar-refractivity contribution in [2.75, 3.05) is 26.2 Å². The molecule has 1 spiro atoms. The van der Waals surface area contributed by atoms with Gasteiger partial charge in [-0.25, -0.2) is 18.8 Å². The van der Waals surface area contributed by atoms with Crippen molar-refractivity contribution in [1.29, 1.82) is 4.78 Å². The molecule has 5 rings (SSSR count). The number of hydrogen-bond donors (Lipinski definition) is 2. The molecule has 1 aromatic heterocycles. The van der Waals surface area contributed by atoms with Gasteiger partial charge in [0.1, 0.15) is 12.2 Å². The zero-order valence-corrected chi connectivity index (χ0v) is 18.7. The number of hydrogen-bond acceptors (Lipinski definition) is 5. The number of carbonyl (C=O) groups excluding carboxylic acids is 1. The average Bonchev–Trinajstić information content (AvgIpc) is 3.39. The molecule has 3 heterocycles. The van der Waals surface area contributed by atoms with Gasteiger partial charge in [-0.05, 0) is 49.3 Å². The van der Waals surface area contributed by atoms with Crippen molar-refractivity contribution >= 4 is 15.8 Å². The fourth-order valence-electron chi connectivity index (χ4n) is 5.52. The molecule has 2 unspecified atom stereocenters. The van der Waals surface area contributed by atoms with Crippen LogP contribution < -0.4 is 0 Å². The van der Waals surface area contributed by atoms with Gasteiger partial charge >= 0.3 is 11.5 Å². The number of nitrogens with one attached hydrogen (secondary N) is 2. The van der Waals surface area contributed by atoms with Crippen LogP contribution in [0.4, 0.5) is 18.0 Å². The summed E-state index contributed by atoms with van der Waals surface area (Å²) < 4.78 is 57.3. The summed E-state index contributed by atoms with van der Waals surface area (Å²) in [6.07, 6.45) is 5.05. The maximum atomic E-state index is 12.8. The predicted octanol–water partition coefficient (Wildman–Crippen LogP) is 3.59. The van der Waals surface area contributed by atoms with Crippen LogP contribution in [0.15, 0.2) is 35.5 Å². The van der Waals surface area contributed by atoms with Crippen LogP contribution in [0.3, 0.4) is 0 Å². The quantitative estimate of drug-likeness (QED) is 0.695. The first-order valence-corrected chi connectivity index (χ1v) is 12.5. The van der Waals surface area contributed by atoms with Crippen LogP contribution >= 0.6 is 0 Å². The van der Waals surface area contributed by atoms with Gasteiger partial charge in [0.25, 0.3) is 0 Å². The van der Waals surface area contributed by atoms with Gasteiger partial charge in [0.15, 0.2) is 9.73 Å². The normalized spacial score (nSPS) is 24.4. The number of halogens is 3. The molecule has 3 fully saturated rings. The highest BCUT2D eigenvalue weighted by molar-refractivity contribution is 7.93. The Hall–Kier alpha value is -2.63. The van der Waals surface area contributed by atoms with Crippen molar-refractivity contribution in [3.8, 4) is 0 Å². The zero-order valence-electron chi connectivity index (χ0n) is 17.8. The second kappa shape index (κ2) is 7.71. The molecule has 33 heavy (non-hydrogen) atoms.